The molecule has 0 aromatic rings. The van der Waals surface area contributed by atoms with Gasteiger partial charge < -0.3 is 10.2 Å². The lowest BCUT2D eigenvalue weighted by Gasteiger charge is -2.26. The summed E-state index contributed by atoms with van der Waals surface area (Å²) >= 11 is 5.42. The summed E-state index contributed by atoms with van der Waals surface area (Å²) in [7, 11) is 0. The van der Waals surface area contributed by atoms with Crippen LogP contribution in [-0.2, 0) is 9.59 Å². The second-order valence-corrected chi connectivity index (χ2v) is 3.95. The Morgan fingerprint density at radius 2 is 2.20 bits per heavy atom. The fraction of sp³-hybridized carbons (Fsp3) is 0.600. The lowest BCUT2D eigenvalue weighted by Crippen LogP contribution is -2.44. The normalized spacial score (nSPS) is 28.1. The average Bonchev–Trinajstić information content (AvgIpc) is 2.24. The first-order chi connectivity index (χ1) is 7.06. The number of hydrogen-bond donors (Lipinski definition) is 1. The smallest absolute Gasteiger partial charge is 0.245 e. The molecule has 1 saturated heterocycles. The van der Waals surface area contributed by atoms with Gasteiger partial charge in [-0.15, -0.1) is 0 Å². The Bertz CT molecular complexity index is 291. The molecule has 1 aliphatic heterocycles. The van der Waals surface area contributed by atoms with Crippen LogP contribution in [0.25, 0.3) is 0 Å². The Labute approximate surface area is 94.3 Å². The lowest BCUT2D eigenvalue weighted by atomic mass is 10.2. The van der Waals surface area contributed by atoms with E-state index in [1.165, 1.54) is 5.54 Å². The van der Waals surface area contributed by atoms with E-state index >= 15 is 0 Å². The van der Waals surface area contributed by atoms with Gasteiger partial charge in [-0.1, -0.05) is 17.7 Å². The number of rotatable bonds is 2. The largest absolute Gasteiger partial charge is 0.345 e. The van der Waals surface area contributed by atoms with Crippen LogP contribution >= 0.6 is 11.6 Å². The fourth-order valence-corrected chi connectivity index (χ4v) is 1.71. The van der Waals surface area contributed by atoms with Crippen molar-refractivity contribution in [1.82, 2.24) is 10.2 Å². The molecule has 0 aromatic heterocycles. The van der Waals surface area contributed by atoms with Crippen LogP contribution in [-0.4, -0.2) is 35.3 Å². The summed E-state index contributed by atoms with van der Waals surface area (Å²) in [6, 6.07) is -0.540. The van der Waals surface area contributed by atoms with Crippen LogP contribution in [0.1, 0.15) is 20.3 Å². The number of nitrogens with zero attached hydrogens (tertiary/aromatic N) is 1. The van der Waals surface area contributed by atoms with E-state index in [1.54, 1.807) is 17.9 Å². The molecule has 2 amide bonds. The van der Waals surface area contributed by atoms with Crippen LogP contribution in [0.2, 0.25) is 0 Å². The van der Waals surface area contributed by atoms with E-state index in [1.807, 2.05) is 6.92 Å². The Hall–Kier alpha value is -1.03. The lowest BCUT2D eigenvalue weighted by molar-refractivity contribution is -0.133. The van der Waals surface area contributed by atoms with Crippen LogP contribution in [0.5, 0.6) is 0 Å². The molecular formula is C10H15ClN2O2. The van der Waals surface area contributed by atoms with Crippen LogP contribution in [0.3, 0.4) is 0 Å². The quantitative estimate of drug-likeness (QED) is 0.765. The molecule has 1 aliphatic rings. The van der Waals surface area contributed by atoms with Crippen molar-refractivity contribution in [3.05, 3.63) is 11.6 Å². The van der Waals surface area contributed by atoms with E-state index in [2.05, 4.69) is 5.32 Å². The monoisotopic (exact) mass is 230 g/mol. The minimum absolute atomic E-state index is 0.0666. The number of halogens is 1. The Balaban J connectivity index is 2.80. The molecule has 1 fully saturated rings. The van der Waals surface area contributed by atoms with Crippen molar-refractivity contribution >= 4 is 23.4 Å². The molecule has 15 heavy (non-hydrogen) atoms. The summed E-state index contributed by atoms with van der Waals surface area (Å²) in [6.07, 6.45) is 2.03. The maximum Gasteiger partial charge on any atom is 0.245 e. The minimum Gasteiger partial charge on any atom is -0.345 e. The highest BCUT2D eigenvalue weighted by atomic mass is 35.5. The predicted octanol–water partition coefficient (Wildman–Crippen LogP) is 0.864. The van der Waals surface area contributed by atoms with Crippen LogP contribution in [0, 0.1) is 0 Å². The molecule has 2 unspecified atom stereocenters. The van der Waals surface area contributed by atoms with E-state index in [-0.39, 0.29) is 17.9 Å². The summed E-state index contributed by atoms with van der Waals surface area (Å²) in [4.78, 5) is 24.8. The molecular weight excluding hydrogens is 216 g/mol. The zero-order valence-corrected chi connectivity index (χ0v) is 9.62. The van der Waals surface area contributed by atoms with Gasteiger partial charge >= 0.3 is 0 Å². The van der Waals surface area contributed by atoms with Crippen molar-refractivity contribution in [2.75, 3.05) is 6.54 Å². The van der Waals surface area contributed by atoms with Crippen molar-refractivity contribution < 1.29 is 9.59 Å². The van der Waals surface area contributed by atoms with Gasteiger partial charge in [0, 0.05) is 24.5 Å². The van der Waals surface area contributed by atoms with Gasteiger partial charge in [-0.3, -0.25) is 9.59 Å². The number of carbonyl (C=O) groups is 2. The highest BCUT2D eigenvalue weighted by Crippen LogP contribution is 2.11. The Morgan fingerprint density at radius 3 is 2.80 bits per heavy atom. The maximum absolute atomic E-state index is 11.8. The van der Waals surface area contributed by atoms with Gasteiger partial charge in [-0.2, -0.15) is 0 Å². The number of hydrogen-bond acceptors (Lipinski definition) is 2. The van der Waals surface area contributed by atoms with Crippen LogP contribution in [0.15, 0.2) is 11.6 Å². The molecule has 1 N–H and O–H groups in total. The van der Waals surface area contributed by atoms with Crippen molar-refractivity contribution in [1.29, 1.82) is 0 Å². The second kappa shape index (κ2) is 5.16. The van der Waals surface area contributed by atoms with Gasteiger partial charge in [0.05, 0.1) is 0 Å². The maximum atomic E-state index is 11.8. The van der Waals surface area contributed by atoms with E-state index in [0.717, 1.165) is 0 Å². The van der Waals surface area contributed by atoms with E-state index < -0.39 is 6.04 Å². The van der Waals surface area contributed by atoms with E-state index in [9.17, 15) is 9.59 Å². The number of carbonyl (C=O) groups excluding carboxylic acids is 2. The predicted molar refractivity (Wildman–Crippen MR) is 58.4 cm³/mol. The van der Waals surface area contributed by atoms with Gasteiger partial charge in [-0.05, 0) is 13.8 Å². The molecule has 2 atom stereocenters. The number of nitrogens with one attached hydrogen (secondary N) is 1. The summed E-state index contributed by atoms with van der Waals surface area (Å²) in [6.45, 7) is 4.00. The summed E-state index contributed by atoms with van der Waals surface area (Å²) in [5, 5.41) is 2.64. The molecule has 4 nitrogen and oxygen atoms in total. The van der Waals surface area contributed by atoms with Gasteiger partial charge in [0.15, 0.2) is 0 Å². The molecule has 1 rings (SSSR count). The molecule has 0 aliphatic carbocycles. The Morgan fingerprint density at radius 1 is 1.53 bits per heavy atom. The van der Waals surface area contributed by atoms with Gasteiger partial charge in [0.25, 0.3) is 0 Å². The van der Waals surface area contributed by atoms with Gasteiger partial charge in [0.1, 0.15) is 6.04 Å². The first kappa shape index (κ1) is 12.0. The molecule has 0 aromatic carbocycles. The summed E-state index contributed by atoms with van der Waals surface area (Å²) in [5.41, 5.74) is 1.38. The first-order valence-corrected chi connectivity index (χ1v) is 5.35. The SMILES string of the molecule is CC1NC(=O)CC(C)N(C/C=C/Cl)C1=O. The highest BCUT2D eigenvalue weighted by molar-refractivity contribution is 6.25. The number of amides is 2. The van der Waals surface area contributed by atoms with E-state index in [0.29, 0.717) is 13.0 Å². The van der Waals surface area contributed by atoms with Crippen molar-refractivity contribution in [3.8, 4) is 0 Å². The van der Waals surface area contributed by atoms with Crippen LogP contribution < -0.4 is 5.32 Å². The topological polar surface area (TPSA) is 49.4 Å². The third-order valence-electron chi connectivity index (χ3n) is 2.44. The molecule has 0 radical (unpaired) electrons. The molecule has 84 valence electrons. The van der Waals surface area contributed by atoms with E-state index in [4.69, 9.17) is 11.6 Å². The fourth-order valence-electron chi connectivity index (χ4n) is 1.63. The van der Waals surface area contributed by atoms with Gasteiger partial charge in [0.2, 0.25) is 11.8 Å². The highest BCUT2D eigenvalue weighted by Gasteiger charge is 2.30. The van der Waals surface area contributed by atoms with Gasteiger partial charge in [-0.25, -0.2) is 0 Å². The third-order valence-corrected chi connectivity index (χ3v) is 2.61. The van der Waals surface area contributed by atoms with Crippen molar-refractivity contribution in [2.24, 2.45) is 0 Å². The van der Waals surface area contributed by atoms with Crippen LogP contribution in [0.4, 0.5) is 0 Å². The molecule has 5 heteroatoms. The summed E-state index contributed by atoms with van der Waals surface area (Å²) in [5.74, 6) is -0.149. The third kappa shape index (κ3) is 2.96. The minimum atomic E-state index is -0.453. The molecule has 0 saturated carbocycles. The first-order valence-electron chi connectivity index (χ1n) is 4.91. The zero-order chi connectivity index (χ0) is 11.4. The standard InChI is InChI=1S/C10H15ClN2O2/c1-7-6-9(14)12-8(2)10(15)13(7)5-3-4-11/h3-4,7-8H,5-6H2,1-2H3,(H,12,14)/b4-3+. The second-order valence-electron chi connectivity index (χ2n) is 3.69. The van der Waals surface area contributed by atoms with Crippen molar-refractivity contribution in [3.63, 3.8) is 0 Å². The Kier molecular flexibility index (Phi) is 4.15. The van der Waals surface area contributed by atoms with Crippen molar-refractivity contribution in [2.45, 2.75) is 32.4 Å². The summed E-state index contributed by atoms with van der Waals surface area (Å²) < 4.78 is 0. The molecule has 1 heterocycles. The zero-order valence-electron chi connectivity index (χ0n) is 8.87. The molecule has 0 spiro atoms. The molecule has 0 bridgehead atoms. The average molecular weight is 231 g/mol.